The van der Waals surface area contributed by atoms with Gasteiger partial charge in [0, 0.05) is 5.56 Å². The van der Waals surface area contributed by atoms with E-state index in [0.29, 0.717) is 23.5 Å². The zero-order valence-corrected chi connectivity index (χ0v) is 10.8. The van der Waals surface area contributed by atoms with Gasteiger partial charge in [0.2, 0.25) is 0 Å². The Balaban J connectivity index is 3.17. The lowest BCUT2D eigenvalue weighted by Crippen LogP contribution is -2.45. The van der Waals surface area contributed by atoms with Crippen LogP contribution in [-0.4, -0.2) is 30.2 Å². The molecule has 0 amide bonds. The van der Waals surface area contributed by atoms with E-state index in [4.69, 9.17) is 10.5 Å². The van der Waals surface area contributed by atoms with E-state index in [2.05, 4.69) is 0 Å². The van der Waals surface area contributed by atoms with E-state index < -0.39 is 11.5 Å². The SMILES string of the molecule is COc1ccccc1C(N)(CCSC)C(=O)O. The molecule has 1 aromatic rings. The Bertz CT molecular complexity index is 397. The first-order valence-corrected chi connectivity index (χ1v) is 6.60. The first-order chi connectivity index (χ1) is 8.06. The average Bonchev–Trinajstić information content (AvgIpc) is 2.35. The van der Waals surface area contributed by atoms with Gasteiger partial charge in [-0.3, -0.25) is 0 Å². The van der Waals surface area contributed by atoms with Crippen LogP contribution in [0.25, 0.3) is 0 Å². The molecule has 0 heterocycles. The van der Waals surface area contributed by atoms with Gasteiger partial charge in [0.25, 0.3) is 0 Å². The number of methoxy groups -OCH3 is 1. The smallest absolute Gasteiger partial charge is 0.328 e. The van der Waals surface area contributed by atoms with Crippen LogP contribution in [0.3, 0.4) is 0 Å². The Kier molecular flexibility index (Phi) is 4.84. The van der Waals surface area contributed by atoms with Crippen molar-refractivity contribution in [2.75, 3.05) is 19.1 Å². The zero-order chi connectivity index (χ0) is 12.9. The third-order valence-corrected chi connectivity index (χ3v) is 3.28. The van der Waals surface area contributed by atoms with Crippen LogP contribution in [-0.2, 0) is 10.3 Å². The summed E-state index contributed by atoms with van der Waals surface area (Å²) in [7, 11) is 1.51. The first kappa shape index (κ1) is 13.9. The molecule has 0 aliphatic carbocycles. The van der Waals surface area contributed by atoms with Gasteiger partial charge in [0.05, 0.1) is 7.11 Å². The van der Waals surface area contributed by atoms with Crippen LogP contribution < -0.4 is 10.5 Å². The number of rotatable bonds is 6. The van der Waals surface area contributed by atoms with Gasteiger partial charge >= 0.3 is 5.97 Å². The number of hydrogen-bond acceptors (Lipinski definition) is 4. The van der Waals surface area contributed by atoms with Gasteiger partial charge in [-0.2, -0.15) is 11.8 Å². The average molecular weight is 255 g/mol. The zero-order valence-electron chi connectivity index (χ0n) is 9.97. The molecule has 3 N–H and O–H groups in total. The van der Waals surface area contributed by atoms with Gasteiger partial charge in [0.15, 0.2) is 0 Å². The predicted octanol–water partition coefficient (Wildman–Crippen LogP) is 1.69. The van der Waals surface area contributed by atoms with Gasteiger partial charge in [-0.15, -0.1) is 0 Å². The number of benzene rings is 1. The summed E-state index contributed by atoms with van der Waals surface area (Å²) >= 11 is 1.57. The van der Waals surface area contributed by atoms with Crippen LogP contribution in [0.4, 0.5) is 0 Å². The van der Waals surface area contributed by atoms with Gasteiger partial charge in [-0.1, -0.05) is 18.2 Å². The van der Waals surface area contributed by atoms with E-state index in [9.17, 15) is 9.90 Å². The summed E-state index contributed by atoms with van der Waals surface area (Å²) in [6.45, 7) is 0. The van der Waals surface area contributed by atoms with Crippen LogP contribution >= 0.6 is 11.8 Å². The molecule has 1 aromatic carbocycles. The molecule has 0 aromatic heterocycles. The van der Waals surface area contributed by atoms with E-state index in [-0.39, 0.29) is 0 Å². The summed E-state index contributed by atoms with van der Waals surface area (Å²) in [4.78, 5) is 11.4. The van der Waals surface area contributed by atoms with Crippen molar-refractivity contribution >= 4 is 17.7 Å². The van der Waals surface area contributed by atoms with Gasteiger partial charge in [-0.25, -0.2) is 4.79 Å². The van der Waals surface area contributed by atoms with Crippen molar-refractivity contribution in [1.29, 1.82) is 0 Å². The van der Waals surface area contributed by atoms with Crippen molar-refractivity contribution in [3.63, 3.8) is 0 Å². The summed E-state index contributed by atoms with van der Waals surface area (Å²) in [5, 5.41) is 9.34. The minimum atomic E-state index is -1.39. The maximum Gasteiger partial charge on any atom is 0.328 e. The summed E-state index contributed by atoms with van der Waals surface area (Å²) in [5.41, 5.74) is 5.16. The quantitative estimate of drug-likeness (QED) is 0.809. The molecular formula is C12H17NO3S. The molecular weight excluding hydrogens is 238 g/mol. The van der Waals surface area contributed by atoms with Gasteiger partial charge in [0.1, 0.15) is 11.3 Å². The molecule has 5 heteroatoms. The van der Waals surface area contributed by atoms with Crippen molar-refractivity contribution in [3.8, 4) is 5.75 Å². The third kappa shape index (κ3) is 2.92. The topological polar surface area (TPSA) is 72.5 Å². The van der Waals surface area contributed by atoms with Crippen LogP contribution in [0.5, 0.6) is 5.75 Å². The minimum absolute atomic E-state index is 0.365. The summed E-state index contributed by atoms with van der Waals surface area (Å²) in [6.07, 6.45) is 2.29. The van der Waals surface area contributed by atoms with Crippen molar-refractivity contribution in [2.24, 2.45) is 5.73 Å². The highest BCUT2D eigenvalue weighted by atomic mass is 32.2. The molecule has 17 heavy (non-hydrogen) atoms. The lowest BCUT2D eigenvalue weighted by Gasteiger charge is -2.26. The summed E-state index contributed by atoms with van der Waals surface area (Å²) in [6, 6.07) is 6.98. The van der Waals surface area contributed by atoms with Crippen LogP contribution in [0.2, 0.25) is 0 Å². The second-order valence-electron chi connectivity index (χ2n) is 3.72. The van der Waals surface area contributed by atoms with Crippen molar-refractivity contribution in [1.82, 2.24) is 0 Å². The van der Waals surface area contributed by atoms with E-state index in [0.717, 1.165) is 0 Å². The van der Waals surface area contributed by atoms with Crippen molar-refractivity contribution in [2.45, 2.75) is 12.0 Å². The Morgan fingerprint density at radius 1 is 1.53 bits per heavy atom. The van der Waals surface area contributed by atoms with Gasteiger partial charge in [-0.05, 0) is 24.5 Å². The molecule has 1 rings (SSSR count). The molecule has 0 spiro atoms. The number of carboxylic acid groups (broad SMARTS) is 1. The second-order valence-corrected chi connectivity index (χ2v) is 4.71. The maximum absolute atomic E-state index is 11.4. The Hall–Kier alpha value is -1.20. The Labute approximate surface area is 105 Å². The largest absolute Gasteiger partial charge is 0.496 e. The van der Waals surface area contributed by atoms with Crippen molar-refractivity contribution in [3.05, 3.63) is 29.8 Å². The molecule has 0 fully saturated rings. The Morgan fingerprint density at radius 3 is 2.71 bits per heavy atom. The highest BCUT2D eigenvalue weighted by Gasteiger charge is 2.37. The molecule has 1 atom stereocenters. The molecule has 94 valence electrons. The number of carbonyl (C=O) groups is 1. The molecule has 0 aliphatic heterocycles. The number of thioether (sulfide) groups is 1. The lowest BCUT2D eigenvalue weighted by atomic mass is 9.87. The molecule has 0 aliphatic rings. The normalized spacial score (nSPS) is 14.1. The number of carboxylic acids is 1. The van der Waals surface area contributed by atoms with Gasteiger partial charge < -0.3 is 15.6 Å². The molecule has 0 radical (unpaired) electrons. The first-order valence-electron chi connectivity index (χ1n) is 5.21. The Morgan fingerprint density at radius 2 is 2.18 bits per heavy atom. The molecule has 4 nitrogen and oxygen atoms in total. The maximum atomic E-state index is 11.4. The third-order valence-electron chi connectivity index (χ3n) is 2.67. The van der Waals surface area contributed by atoms with E-state index in [1.165, 1.54) is 7.11 Å². The lowest BCUT2D eigenvalue weighted by molar-refractivity contribution is -0.143. The standard InChI is InChI=1S/C12H17NO3S/c1-16-10-6-4-3-5-9(10)12(13,11(14)15)7-8-17-2/h3-6H,7-8,13H2,1-2H3,(H,14,15). The number of aliphatic carboxylic acids is 1. The van der Waals surface area contributed by atoms with Crippen molar-refractivity contribution < 1.29 is 14.6 Å². The molecule has 0 saturated heterocycles. The number of nitrogens with two attached hydrogens (primary N) is 1. The van der Waals surface area contributed by atoms with Crippen LogP contribution in [0.1, 0.15) is 12.0 Å². The minimum Gasteiger partial charge on any atom is -0.496 e. The van der Waals surface area contributed by atoms with Crippen LogP contribution in [0.15, 0.2) is 24.3 Å². The summed E-state index contributed by atoms with van der Waals surface area (Å²) < 4.78 is 5.17. The molecule has 1 unspecified atom stereocenters. The number of hydrogen-bond donors (Lipinski definition) is 2. The fourth-order valence-corrected chi connectivity index (χ4v) is 2.16. The fourth-order valence-electron chi connectivity index (χ4n) is 1.63. The monoisotopic (exact) mass is 255 g/mol. The van der Waals surface area contributed by atoms with E-state index in [1.54, 1.807) is 36.0 Å². The molecule has 0 saturated carbocycles. The summed E-state index contributed by atoms with van der Waals surface area (Å²) in [5.74, 6) is 0.162. The number of para-hydroxylation sites is 1. The predicted molar refractivity (Wildman–Crippen MR) is 69.5 cm³/mol. The van der Waals surface area contributed by atoms with E-state index in [1.807, 2.05) is 6.26 Å². The molecule has 0 bridgehead atoms. The fraction of sp³-hybridized carbons (Fsp3) is 0.417. The second kappa shape index (κ2) is 5.93. The highest BCUT2D eigenvalue weighted by Crippen LogP contribution is 2.31. The van der Waals surface area contributed by atoms with E-state index >= 15 is 0 Å². The number of ether oxygens (including phenoxy) is 1. The van der Waals surface area contributed by atoms with Crippen LogP contribution in [0, 0.1) is 0 Å². The highest BCUT2D eigenvalue weighted by molar-refractivity contribution is 7.98.